The van der Waals surface area contributed by atoms with Gasteiger partial charge in [0.2, 0.25) is 15.9 Å². The fourth-order valence-electron chi connectivity index (χ4n) is 2.17. The fourth-order valence-corrected chi connectivity index (χ4v) is 3.66. The molecule has 2 N–H and O–H groups in total. The molecule has 1 aromatic rings. The maximum absolute atomic E-state index is 12.5. The summed E-state index contributed by atoms with van der Waals surface area (Å²) in [5, 5.41) is 12.0. The molecular formula is C15H19N3O3S. The van der Waals surface area contributed by atoms with Gasteiger partial charge in [-0.1, -0.05) is 13.8 Å². The van der Waals surface area contributed by atoms with E-state index in [9.17, 15) is 18.5 Å². The molecule has 0 saturated heterocycles. The van der Waals surface area contributed by atoms with Crippen LogP contribution in [0, 0.1) is 17.2 Å². The smallest absolute Gasteiger partial charge is 0.241 e. The molecule has 0 unspecified atom stereocenters. The lowest BCUT2D eigenvalue weighted by Crippen LogP contribution is -2.48. The number of carbonyl (C=O) groups excluding carboxylic acids is 1. The minimum Gasteiger partial charge on any atom is -0.325 e. The largest absolute Gasteiger partial charge is 0.325 e. The molecule has 0 fully saturated rings. The number of amides is 1. The lowest BCUT2D eigenvalue weighted by Gasteiger charge is -2.27. The topological polar surface area (TPSA) is 99.1 Å². The molecule has 2 rings (SSSR count). The summed E-state index contributed by atoms with van der Waals surface area (Å²) in [6, 6.07) is 6.50. The standard InChI is InChI=1S/C15H19N3O3S/c1-9(2)15(4,8-16)18-22(20,21)11-5-6-13-12(7-11)10(3)14(19)17-13/h5-7,9-10,18H,1-4H3,(H,17,19)/t10-,15+/m0/s1. The molecule has 1 aromatic carbocycles. The average Bonchev–Trinajstić information content (AvgIpc) is 2.73. The van der Waals surface area contributed by atoms with E-state index in [4.69, 9.17) is 0 Å². The molecule has 1 aliphatic rings. The first-order valence-electron chi connectivity index (χ1n) is 7.01. The number of nitriles is 1. The van der Waals surface area contributed by atoms with Gasteiger partial charge in [-0.25, -0.2) is 8.42 Å². The van der Waals surface area contributed by atoms with E-state index in [1.807, 2.05) is 6.07 Å². The summed E-state index contributed by atoms with van der Waals surface area (Å²) in [7, 11) is -3.85. The first-order chi connectivity index (χ1) is 10.1. The molecule has 0 aliphatic carbocycles. The minimum absolute atomic E-state index is 0.0525. The van der Waals surface area contributed by atoms with Crippen molar-refractivity contribution in [3.63, 3.8) is 0 Å². The van der Waals surface area contributed by atoms with Gasteiger partial charge in [0.25, 0.3) is 0 Å². The molecular weight excluding hydrogens is 302 g/mol. The normalized spacial score (nSPS) is 20.2. The number of hydrogen-bond donors (Lipinski definition) is 2. The molecule has 0 aromatic heterocycles. The molecule has 2 atom stereocenters. The average molecular weight is 321 g/mol. The molecule has 118 valence electrons. The van der Waals surface area contributed by atoms with Crippen LogP contribution in [-0.2, 0) is 14.8 Å². The zero-order valence-electron chi connectivity index (χ0n) is 13.0. The number of sulfonamides is 1. The third-order valence-electron chi connectivity index (χ3n) is 4.18. The van der Waals surface area contributed by atoms with Crippen molar-refractivity contribution >= 4 is 21.6 Å². The molecule has 7 heteroatoms. The van der Waals surface area contributed by atoms with Crippen LogP contribution in [0.1, 0.15) is 39.2 Å². The van der Waals surface area contributed by atoms with E-state index in [2.05, 4.69) is 10.0 Å². The van der Waals surface area contributed by atoms with Gasteiger partial charge < -0.3 is 5.32 Å². The van der Waals surface area contributed by atoms with E-state index < -0.39 is 21.5 Å². The Balaban J connectivity index is 2.41. The van der Waals surface area contributed by atoms with Crippen LogP contribution in [0.25, 0.3) is 0 Å². The Hall–Kier alpha value is -1.91. The van der Waals surface area contributed by atoms with Gasteiger partial charge in [-0.3, -0.25) is 4.79 Å². The van der Waals surface area contributed by atoms with Crippen molar-refractivity contribution in [1.82, 2.24) is 4.72 Å². The van der Waals surface area contributed by atoms with Crippen molar-refractivity contribution in [2.24, 2.45) is 5.92 Å². The van der Waals surface area contributed by atoms with Crippen molar-refractivity contribution in [3.8, 4) is 6.07 Å². The highest BCUT2D eigenvalue weighted by molar-refractivity contribution is 7.89. The Bertz CT molecular complexity index is 765. The summed E-state index contributed by atoms with van der Waals surface area (Å²) in [5.41, 5.74) is 0.0804. The molecule has 6 nitrogen and oxygen atoms in total. The summed E-state index contributed by atoms with van der Waals surface area (Å²) in [6.07, 6.45) is 0. The number of anilines is 1. The SMILES string of the molecule is CC(C)[C@@](C)(C#N)NS(=O)(=O)c1ccc2c(c1)[C@H](C)C(=O)N2. The van der Waals surface area contributed by atoms with E-state index in [-0.39, 0.29) is 16.7 Å². The lowest BCUT2D eigenvalue weighted by molar-refractivity contribution is -0.116. The first-order valence-corrected chi connectivity index (χ1v) is 8.49. The Morgan fingerprint density at radius 2 is 2.05 bits per heavy atom. The minimum atomic E-state index is -3.85. The third kappa shape index (κ3) is 2.72. The second-order valence-electron chi connectivity index (χ2n) is 6.03. The summed E-state index contributed by atoms with van der Waals surface area (Å²) in [5.74, 6) is -0.733. The van der Waals surface area contributed by atoms with E-state index >= 15 is 0 Å². The van der Waals surface area contributed by atoms with E-state index in [1.165, 1.54) is 12.1 Å². The van der Waals surface area contributed by atoms with Crippen LogP contribution in [0.5, 0.6) is 0 Å². The van der Waals surface area contributed by atoms with E-state index in [0.29, 0.717) is 11.3 Å². The zero-order valence-corrected chi connectivity index (χ0v) is 13.8. The Morgan fingerprint density at radius 1 is 1.41 bits per heavy atom. The number of carbonyl (C=O) groups is 1. The van der Waals surface area contributed by atoms with Gasteiger partial charge in [-0.05, 0) is 43.5 Å². The monoisotopic (exact) mass is 321 g/mol. The van der Waals surface area contributed by atoms with Crippen molar-refractivity contribution in [1.29, 1.82) is 5.26 Å². The number of rotatable bonds is 4. The highest BCUT2D eigenvalue weighted by atomic mass is 32.2. The molecule has 0 radical (unpaired) electrons. The van der Waals surface area contributed by atoms with Gasteiger partial charge in [0.15, 0.2) is 0 Å². The first kappa shape index (κ1) is 16.5. The van der Waals surface area contributed by atoms with E-state index in [1.54, 1.807) is 33.8 Å². The predicted octanol–water partition coefficient (Wildman–Crippen LogP) is 1.96. The predicted molar refractivity (Wildman–Crippen MR) is 82.7 cm³/mol. The maximum atomic E-state index is 12.5. The van der Waals surface area contributed by atoms with Gasteiger partial charge in [0, 0.05) is 5.69 Å². The van der Waals surface area contributed by atoms with Crippen LogP contribution in [0.2, 0.25) is 0 Å². The van der Waals surface area contributed by atoms with Gasteiger partial charge in [0.1, 0.15) is 5.54 Å². The zero-order chi connectivity index (χ0) is 16.7. The molecule has 0 bridgehead atoms. The van der Waals surface area contributed by atoms with Crippen molar-refractivity contribution in [3.05, 3.63) is 23.8 Å². The second kappa shape index (κ2) is 5.38. The van der Waals surface area contributed by atoms with Gasteiger partial charge in [-0.2, -0.15) is 9.98 Å². The molecule has 1 amide bonds. The van der Waals surface area contributed by atoms with Crippen LogP contribution >= 0.6 is 0 Å². The number of nitrogens with one attached hydrogen (secondary N) is 2. The van der Waals surface area contributed by atoms with Gasteiger partial charge in [0.05, 0.1) is 16.9 Å². The second-order valence-corrected chi connectivity index (χ2v) is 7.72. The van der Waals surface area contributed by atoms with Crippen LogP contribution in [0.4, 0.5) is 5.69 Å². The Kier molecular flexibility index (Phi) is 4.02. The summed E-state index contributed by atoms with van der Waals surface area (Å²) in [6.45, 7) is 6.83. The maximum Gasteiger partial charge on any atom is 0.241 e. The summed E-state index contributed by atoms with van der Waals surface area (Å²) < 4.78 is 27.5. The fraction of sp³-hybridized carbons (Fsp3) is 0.467. The van der Waals surface area contributed by atoms with Crippen molar-refractivity contribution < 1.29 is 13.2 Å². The molecule has 1 heterocycles. The van der Waals surface area contributed by atoms with Gasteiger partial charge in [-0.15, -0.1) is 0 Å². The van der Waals surface area contributed by atoms with Gasteiger partial charge >= 0.3 is 0 Å². The summed E-state index contributed by atoms with van der Waals surface area (Å²) in [4.78, 5) is 11.7. The quantitative estimate of drug-likeness (QED) is 0.885. The van der Waals surface area contributed by atoms with Crippen molar-refractivity contribution in [2.45, 2.75) is 44.0 Å². The van der Waals surface area contributed by atoms with Crippen LogP contribution in [0.15, 0.2) is 23.1 Å². The van der Waals surface area contributed by atoms with Crippen LogP contribution < -0.4 is 10.0 Å². The third-order valence-corrected chi connectivity index (χ3v) is 5.75. The number of benzene rings is 1. The number of fused-ring (bicyclic) bond motifs is 1. The number of nitrogens with zero attached hydrogens (tertiary/aromatic N) is 1. The van der Waals surface area contributed by atoms with E-state index in [0.717, 1.165) is 0 Å². The Morgan fingerprint density at radius 3 is 2.59 bits per heavy atom. The molecule has 0 saturated carbocycles. The molecule has 22 heavy (non-hydrogen) atoms. The Labute approximate surface area is 130 Å². The molecule has 0 spiro atoms. The highest BCUT2D eigenvalue weighted by Crippen LogP contribution is 2.34. The van der Waals surface area contributed by atoms with Crippen LogP contribution in [-0.4, -0.2) is 19.9 Å². The number of hydrogen-bond acceptors (Lipinski definition) is 4. The lowest BCUT2D eigenvalue weighted by atomic mass is 9.92. The van der Waals surface area contributed by atoms with Crippen LogP contribution in [0.3, 0.4) is 0 Å². The summed E-state index contributed by atoms with van der Waals surface area (Å²) >= 11 is 0. The van der Waals surface area contributed by atoms with Crippen molar-refractivity contribution in [2.75, 3.05) is 5.32 Å². The molecule has 1 aliphatic heterocycles. The highest BCUT2D eigenvalue weighted by Gasteiger charge is 2.35.